The van der Waals surface area contributed by atoms with Crippen LogP contribution in [-0.2, 0) is 14.8 Å². The van der Waals surface area contributed by atoms with Crippen LogP contribution in [0.1, 0.15) is 38.5 Å². The first-order valence-corrected chi connectivity index (χ1v) is 14.4. The summed E-state index contributed by atoms with van der Waals surface area (Å²) in [5.74, 6) is 2.22. The Morgan fingerprint density at radius 1 is 1.03 bits per heavy atom. The average Bonchev–Trinajstić information content (AvgIpc) is 3.58. The molecule has 1 saturated carbocycles. The minimum atomic E-state index is -4.45. The number of nitrogens with zero attached hydrogens (tertiary/aromatic N) is 4. The standard InChI is InChI=1S/C22H32BrF3N4O3S/c23-19-12-27-21(28-13-19)29-6-3-17(4-7-29)20-11-18(20)15-33-14-16-1-8-30(9-2-16)34(31,32)10-5-22(24,25)26/h12-13,16-18,20H,1-11,14-15H2/t18-,20+/m0/s1. The Hall–Kier alpha value is -0.980. The summed E-state index contributed by atoms with van der Waals surface area (Å²) in [6.07, 6.45) is 2.56. The predicted molar refractivity (Wildman–Crippen MR) is 126 cm³/mol. The topological polar surface area (TPSA) is 75.6 Å². The van der Waals surface area contributed by atoms with Gasteiger partial charge in [0.25, 0.3) is 0 Å². The molecule has 0 bridgehead atoms. The molecule has 2 saturated heterocycles. The number of alkyl halides is 3. The van der Waals surface area contributed by atoms with E-state index in [2.05, 4.69) is 30.8 Å². The molecule has 0 spiro atoms. The zero-order valence-corrected chi connectivity index (χ0v) is 21.5. The van der Waals surface area contributed by atoms with E-state index in [4.69, 9.17) is 4.74 Å². The lowest BCUT2D eigenvalue weighted by molar-refractivity contribution is -0.130. The molecule has 2 aliphatic heterocycles. The minimum absolute atomic E-state index is 0.264. The van der Waals surface area contributed by atoms with Crippen molar-refractivity contribution in [3.63, 3.8) is 0 Å². The van der Waals surface area contributed by atoms with E-state index in [-0.39, 0.29) is 19.0 Å². The fraction of sp³-hybridized carbons (Fsp3) is 0.818. The zero-order valence-electron chi connectivity index (χ0n) is 19.1. The number of sulfonamides is 1. The smallest absolute Gasteiger partial charge is 0.381 e. The molecule has 0 radical (unpaired) electrons. The van der Waals surface area contributed by atoms with E-state index in [0.717, 1.165) is 43.0 Å². The van der Waals surface area contributed by atoms with Gasteiger partial charge in [-0.3, -0.25) is 0 Å². The molecule has 1 aromatic heterocycles. The summed E-state index contributed by atoms with van der Waals surface area (Å²) in [5.41, 5.74) is 0. The lowest BCUT2D eigenvalue weighted by atomic mass is 9.91. The second-order valence-corrected chi connectivity index (χ2v) is 12.8. The van der Waals surface area contributed by atoms with Crippen molar-refractivity contribution in [1.82, 2.24) is 14.3 Å². The second kappa shape index (κ2) is 11.0. The molecule has 0 amide bonds. The minimum Gasteiger partial charge on any atom is -0.381 e. The number of halogens is 4. The highest BCUT2D eigenvalue weighted by Crippen LogP contribution is 2.48. The number of aromatic nitrogens is 2. The van der Waals surface area contributed by atoms with Crippen LogP contribution in [-0.4, -0.2) is 74.0 Å². The molecule has 3 fully saturated rings. The van der Waals surface area contributed by atoms with Crippen molar-refractivity contribution in [3.8, 4) is 0 Å². The van der Waals surface area contributed by atoms with Crippen molar-refractivity contribution in [2.45, 2.75) is 44.7 Å². The van der Waals surface area contributed by atoms with Gasteiger partial charge in [-0.05, 0) is 71.7 Å². The lowest BCUT2D eigenvalue weighted by Crippen LogP contribution is -2.41. The van der Waals surface area contributed by atoms with Crippen LogP contribution in [0.25, 0.3) is 0 Å². The van der Waals surface area contributed by atoms with Gasteiger partial charge < -0.3 is 9.64 Å². The molecule has 34 heavy (non-hydrogen) atoms. The first-order valence-electron chi connectivity index (χ1n) is 12.0. The molecular weight excluding hydrogens is 537 g/mol. The molecule has 3 aliphatic rings. The van der Waals surface area contributed by atoms with Gasteiger partial charge in [-0.25, -0.2) is 22.7 Å². The Kier molecular flexibility index (Phi) is 8.41. The molecule has 3 heterocycles. The number of hydrogen-bond donors (Lipinski definition) is 0. The third kappa shape index (κ3) is 7.27. The van der Waals surface area contributed by atoms with Crippen molar-refractivity contribution in [2.24, 2.45) is 23.7 Å². The quantitative estimate of drug-likeness (QED) is 0.446. The van der Waals surface area contributed by atoms with Gasteiger partial charge in [0.05, 0.1) is 16.6 Å². The number of piperidine rings is 2. The van der Waals surface area contributed by atoms with E-state index in [9.17, 15) is 21.6 Å². The summed E-state index contributed by atoms with van der Waals surface area (Å²) in [7, 11) is -3.85. The lowest BCUT2D eigenvalue weighted by Gasteiger charge is -2.32. The highest BCUT2D eigenvalue weighted by molar-refractivity contribution is 9.10. The molecule has 192 valence electrons. The molecule has 0 N–H and O–H groups in total. The fourth-order valence-electron chi connectivity index (χ4n) is 5.15. The van der Waals surface area contributed by atoms with Crippen LogP contribution in [0.2, 0.25) is 0 Å². The van der Waals surface area contributed by atoms with Crippen molar-refractivity contribution in [1.29, 1.82) is 0 Å². The summed E-state index contributed by atoms with van der Waals surface area (Å²) in [5, 5.41) is 0. The van der Waals surface area contributed by atoms with Crippen molar-refractivity contribution in [2.75, 3.05) is 50.0 Å². The molecule has 4 rings (SSSR count). The van der Waals surface area contributed by atoms with Gasteiger partial charge in [0.15, 0.2) is 0 Å². The Balaban J connectivity index is 1.10. The Morgan fingerprint density at radius 3 is 2.29 bits per heavy atom. The van der Waals surface area contributed by atoms with Crippen LogP contribution < -0.4 is 4.90 Å². The van der Waals surface area contributed by atoms with Crippen LogP contribution in [0, 0.1) is 23.7 Å². The van der Waals surface area contributed by atoms with Gasteiger partial charge in [0, 0.05) is 51.8 Å². The van der Waals surface area contributed by atoms with Crippen molar-refractivity contribution < 1.29 is 26.3 Å². The maximum absolute atomic E-state index is 12.4. The van der Waals surface area contributed by atoms with E-state index >= 15 is 0 Å². The Labute approximate surface area is 207 Å². The number of rotatable bonds is 9. The van der Waals surface area contributed by atoms with Gasteiger partial charge in [-0.2, -0.15) is 13.2 Å². The summed E-state index contributed by atoms with van der Waals surface area (Å²) < 4.78 is 69.4. The van der Waals surface area contributed by atoms with Crippen molar-refractivity contribution in [3.05, 3.63) is 16.9 Å². The summed E-state index contributed by atoms with van der Waals surface area (Å²) in [6.45, 7) is 3.84. The molecule has 7 nitrogen and oxygen atoms in total. The van der Waals surface area contributed by atoms with E-state index in [0.29, 0.717) is 37.2 Å². The fourth-order valence-corrected chi connectivity index (χ4v) is 6.87. The Morgan fingerprint density at radius 2 is 1.68 bits per heavy atom. The van der Waals surface area contributed by atoms with E-state index < -0.39 is 28.4 Å². The number of ether oxygens (including phenoxy) is 1. The molecule has 1 aliphatic carbocycles. The van der Waals surface area contributed by atoms with E-state index in [1.807, 2.05) is 0 Å². The predicted octanol–water partition coefficient (Wildman–Crippen LogP) is 4.10. The first kappa shape index (κ1) is 26.1. The van der Waals surface area contributed by atoms with Gasteiger partial charge in [0.2, 0.25) is 16.0 Å². The van der Waals surface area contributed by atoms with Gasteiger partial charge >= 0.3 is 6.18 Å². The van der Waals surface area contributed by atoms with Crippen LogP contribution in [0.15, 0.2) is 16.9 Å². The van der Waals surface area contributed by atoms with Crippen LogP contribution >= 0.6 is 15.9 Å². The van der Waals surface area contributed by atoms with E-state index in [1.54, 1.807) is 12.4 Å². The normalized spacial score (nSPS) is 25.6. The van der Waals surface area contributed by atoms with Crippen molar-refractivity contribution >= 4 is 31.9 Å². The molecule has 12 heteroatoms. The summed E-state index contributed by atoms with van der Waals surface area (Å²) in [6, 6.07) is 0. The maximum Gasteiger partial charge on any atom is 0.390 e. The van der Waals surface area contributed by atoms with Gasteiger partial charge in [-0.1, -0.05) is 0 Å². The molecule has 1 aromatic rings. The average molecular weight is 569 g/mol. The largest absolute Gasteiger partial charge is 0.390 e. The third-order valence-corrected chi connectivity index (χ3v) is 9.59. The SMILES string of the molecule is O=S(=O)(CCC(F)(F)F)N1CCC(COC[C@@H]2C[C@@H]2C2CCN(c3ncc(Br)cn3)CC2)CC1. The molecular formula is C22H32BrF3N4O3S. The Bertz CT molecular complexity index is 903. The maximum atomic E-state index is 12.4. The molecule has 0 unspecified atom stereocenters. The van der Waals surface area contributed by atoms with Crippen LogP contribution in [0.4, 0.5) is 19.1 Å². The summed E-state index contributed by atoms with van der Waals surface area (Å²) >= 11 is 3.36. The second-order valence-electron chi connectivity index (χ2n) is 9.75. The first-order chi connectivity index (χ1) is 16.1. The number of anilines is 1. The third-order valence-electron chi connectivity index (χ3n) is 7.31. The van der Waals surface area contributed by atoms with Crippen LogP contribution in [0.5, 0.6) is 0 Å². The number of hydrogen-bond acceptors (Lipinski definition) is 6. The zero-order chi connectivity index (χ0) is 24.3. The monoisotopic (exact) mass is 568 g/mol. The highest BCUT2D eigenvalue weighted by atomic mass is 79.9. The van der Waals surface area contributed by atoms with Gasteiger partial charge in [0.1, 0.15) is 0 Å². The van der Waals surface area contributed by atoms with Gasteiger partial charge in [-0.15, -0.1) is 0 Å². The van der Waals surface area contributed by atoms with E-state index in [1.165, 1.54) is 10.7 Å². The highest BCUT2D eigenvalue weighted by Gasteiger charge is 2.44. The summed E-state index contributed by atoms with van der Waals surface area (Å²) in [4.78, 5) is 11.0. The molecule has 2 atom stereocenters. The van der Waals surface area contributed by atoms with Crippen LogP contribution in [0.3, 0.4) is 0 Å². The molecule has 0 aromatic carbocycles.